The number of nitrogens with one attached hydrogen (secondary N) is 1. The van der Waals surface area contributed by atoms with Crippen molar-refractivity contribution in [3.63, 3.8) is 0 Å². The van der Waals surface area contributed by atoms with Crippen molar-refractivity contribution in [3.05, 3.63) is 51.5 Å². The van der Waals surface area contributed by atoms with Crippen LogP contribution in [0.25, 0.3) is 0 Å². The molecule has 0 spiro atoms. The van der Waals surface area contributed by atoms with Crippen molar-refractivity contribution in [2.45, 2.75) is 32.9 Å². The largest absolute Gasteiger partial charge is 0.271 e. The molecule has 1 aromatic heterocycles. The van der Waals surface area contributed by atoms with Crippen LogP contribution >= 0.6 is 15.9 Å². The lowest BCUT2D eigenvalue weighted by Gasteiger charge is -2.18. The van der Waals surface area contributed by atoms with E-state index in [-0.39, 0.29) is 11.9 Å². The van der Waals surface area contributed by atoms with Gasteiger partial charge in [0, 0.05) is 23.1 Å². The summed E-state index contributed by atoms with van der Waals surface area (Å²) in [4.78, 5) is 0. The maximum absolute atomic E-state index is 13.4. The van der Waals surface area contributed by atoms with Crippen molar-refractivity contribution in [1.29, 1.82) is 0 Å². The van der Waals surface area contributed by atoms with Crippen molar-refractivity contribution < 1.29 is 4.39 Å². The Labute approximate surface area is 126 Å². The van der Waals surface area contributed by atoms with Crippen LogP contribution in [0.1, 0.15) is 29.9 Å². The Hall–Kier alpha value is -1.24. The van der Waals surface area contributed by atoms with Gasteiger partial charge in [-0.2, -0.15) is 5.10 Å². The second-order valence-electron chi connectivity index (χ2n) is 4.68. The molecule has 1 unspecified atom stereocenters. The highest BCUT2D eigenvalue weighted by Crippen LogP contribution is 2.26. The van der Waals surface area contributed by atoms with E-state index in [1.165, 1.54) is 12.1 Å². The third-order valence-electron chi connectivity index (χ3n) is 3.23. The molecule has 0 saturated heterocycles. The van der Waals surface area contributed by atoms with Crippen LogP contribution in [0.3, 0.4) is 0 Å². The fraction of sp³-hybridized carbons (Fsp3) is 0.357. The number of benzene rings is 1. The van der Waals surface area contributed by atoms with E-state index in [2.05, 4.69) is 26.5 Å². The van der Waals surface area contributed by atoms with Gasteiger partial charge in [-0.1, -0.05) is 15.9 Å². The van der Waals surface area contributed by atoms with E-state index in [4.69, 9.17) is 5.84 Å². The van der Waals surface area contributed by atoms with E-state index in [9.17, 15) is 4.39 Å². The van der Waals surface area contributed by atoms with Crippen LogP contribution < -0.4 is 11.3 Å². The number of nitrogens with two attached hydrogens (primary N) is 1. The quantitative estimate of drug-likeness (QED) is 0.650. The van der Waals surface area contributed by atoms with E-state index >= 15 is 0 Å². The molecule has 1 atom stereocenters. The summed E-state index contributed by atoms with van der Waals surface area (Å²) in [5.41, 5.74) is 5.60. The second kappa shape index (κ2) is 6.47. The summed E-state index contributed by atoms with van der Waals surface area (Å²) in [6, 6.07) is 6.45. The zero-order chi connectivity index (χ0) is 14.7. The monoisotopic (exact) mass is 340 g/mol. The van der Waals surface area contributed by atoms with Gasteiger partial charge < -0.3 is 0 Å². The molecular weight excluding hydrogens is 323 g/mol. The standard InChI is InChI=1S/C14H18BrFN4/c1-3-20-11(6-9(2)19-20)8-14(18-17)12-7-10(16)4-5-13(12)15/h4-7,14,18H,3,8,17H2,1-2H3. The normalized spacial score (nSPS) is 12.7. The van der Waals surface area contributed by atoms with Crippen LogP contribution in [0.2, 0.25) is 0 Å². The van der Waals surface area contributed by atoms with Gasteiger partial charge in [0.25, 0.3) is 0 Å². The molecule has 0 amide bonds. The smallest absolute Gasteiger partial charge is 0.123 e. The third-order valence-corrected chi connectivity index (χ3v) is 3.96. The minimum atomic E-state index is -0.274. The molecule has 1 heterocycles. The van der Waals surface area contributed by atoms with Gasteiger partial charge >= 0.3 is 0 Å². The first-order valence-corrected chi connectivity index (χ1v) is 7.28. The number of hydrogen-bond donors (Lipinski definition) is 2. The lowest BCUT2D eigenvalue weighted by Crippen LogP contribution is -2.30. The van der Waals surface area contributed by atoms with Crippen LogP contribution in [0, 0.1) is 12.7 Å². The average Bonchev–Trinajstić information content (AvgIpc) is 2.79. The van der Waals surface area contributed by atoms with Crippen molar-refractivity contribution in [2.75, 3.05) is 0 Å². The van der Waals surface area contributed by atoms with Crippen molar-refractivity contribution in [3.8, 4) is 0 Å². The number of hydrazine groups is 1. The highest BCUT2D eigenvalue weighted by Gasteiger charge is 2.17. The molecule has 0 aliphatic rings. The van der Waals surface area contributed by atoms with Gasteiger partial charge in [0.15, 0.2) is 0 Å². The first kappa shape index (κ1) is 15.2. The first-order valence-electron chi connectivity index (χ1n) is 6.49. The summed E-state index contributed by atoms with van der Waals surface area (Å²) in [7, 11) is 0. The molecule has 6 heteroatoms. The second-order valence-corrected chi connectivity index (χ2v) is 5.54. The third kappa shape index (κ3) is 3.26. The Morgan fingerprint density at radius 3 is 2.85 bits per heavy atom. The van der Waals surface area contributed by atoms with Crippen LogP contribution in [0.4, 0.5) is 4.39 Å². The van der Waals surface area contributed by atoms with Crippen LogP contribution in [0.15, 0.2) is 28.7 Å². The molecule has 2 rings (SSSR count). The highest BCUT2D eigenvalue weighted by atomic mass is 79.9. The number of halogens is 2. The van der Waals surface area contributed by atoms with Crippen molar-refractivity contribution in [1.82, 2.24) is 15.2 Å². The zero-order valence-corrected chi connectivity index (χ0v) is 13.1. The predicted molar refractivity (Wildman–Crippen MR) is 80.5 cm³/mol. The van der Waals surface area contributed by atoms with Crippen molar-refractivity contribution in [2.24, 2.45) is 5.84 Å². The Morgan fingerprint density at radius 2 is 2.20 bits per heavy atom. The molecule has 0 radical (unpaired) electrons. The predicted octanol–water partition coefficient (Wildman–Crippen LogP) is 2.86. The summed E-state index contributed by atoms with van der Waals surface area (Å²) in [5, 5.41) is 4.41. The average molecular weight is 341 g/mol. The minimum Gasteiger partial charge on any atom is -0.271 e. The van der Waals surface area contributed by atoms with Gasteiger partial charge in [-0.25, -0.2) is 4.39 Å². The fourth-order valence-electron chi connectivity index (χ4n) is 2.29. The lowest BCUT2D eigenvalue weighted by atomic mass is 10.0. The van der Waals surface area contributed by atoms with Crippen molar-refractivity contribution >= 4 is 15.9 Å². The van der Waals surface area contributed by atoms with Gasteiger partial charge in [-0.15, -0.1) is 0 Å². The molecule has 2 aromatic rings. The van der Waals surface area contributed by atoms with E-state index in [0.29, 0.717) is 6.42 Å². The number of hydrogen-bond acceptors (Lipinski definition) is 3. The van der Waals surface area contributed by atoms with Crippen LogP contribution in [0.5, 0.6) is 0 Å². The van der Waals surface area contributed by atoms with Gasteiger partial charge in [-0.3, -0.25) is 16.0 Å². The van der Waals surface area contributed by atoms with E-state index in [1.54, 1.807) is 6.07 Å². The SMILES string of the molecule is CCn1nc(C)cc1CC(NN)c1cc(F)ccc1Br. The molecule has 0 aliphatic carbocycles. The Balaban J connectivity index is 2.30. The summed E-state index contributed by atoms with van der Waals surface area (Å²) in [5.74, 6) is 5.37. The maximum atomic E-state index is 13.4. The summed E-state index contributed by atoms with van der Waals surface area (Å²) >= 11 is 3.44. The van der Waals surface area contributed by atoms with Gasteiger partial charge in [0.05, 0.1) is 11.7 Å². The van der Waals surface area contributed by atoms with E-state index in [0.717, 1.165) is 28.0 Å². The van der Waals surface area contributed by atoms with Crippen LogP contribution in [-0.4, -0.2) is 9.78 Å². The number of nitrogens with zero attached hydrogens (tertiary/aromatic N) is 2. The maximum Gasteiger partial charge on any atom is 0.123 e. The lowest BCUT2D eigenvalue weighted by molar-refractivity contribution is 0.511. The molecule has 0 fully saturated rings. The molecule has 3 N–H and O–H groups in total. The highest BCUT2D eigenvalue weighted by molar-refractivity contribution is 9.10. The zero-order valence-electron chi connectivity index (χ0n) is 11.5. The fourth-order valence-corrected chi connectivity index (χ4v) is 2.81. The first-order chi connectivity index (χ1) is 9.55. The molecule has 20 heavy (non-hydrogen) atoms. The number of aryl methyl sites for hydroxylation is 2. The van der Waals surface area contributed by atoms with Gasteiger partial charge in [0.1, 0.15) is 5.82 Å². The Bertz CT molecular complexity index is 597. The number of rotatable bonds is 5. The van der Waals surface area contributed by atoms with Gasteiger partial charge in [-0.05, 0) is 43.7 Å². The summed E-state index contributed by atoms with van der Waals surface area (Å²) in [6.45, 7) is 4.79. The molecule has 1 aromatic carbocycles. The topological polar surface area (TPSA) is 55.9 Å². The molecule has 0 aliphatic heterocycles. The Kier molecular flexibility index (Phi) is 4.91. The Morgan fingerprint density at radius 1 is 1.45 bits per heavy atom. The summed E-state index contributed by atoms with van der Waals surface area (Å²) in [6.07, 6.45) is 0.646. The minimum absolute atomic E-state index is 0.179. The molecule has 108 valence electrons. The molecular formula is C14H18BrFN4. The number of aromatic nitrogens is 2. The molecule has 4 nitrogen and oxygen atoms in total. The van der Waals surface area contributed by atoms with E-state index < -0.39 is 0 Å². The molecule has 0 bridgehead atoms. The van der Waals surface area contributed by atoms with Gasteiger partial charge in [0.2, 0.25) is 0 Å². The van der Waals surface area contributed by atoms with Crippen LogP contribution in [-0.2, 0) is 13.0 Å². The van der Waals surface area contributed by atoms with E-state index in [1.807, 2.05) is 24.6 Å². The summed E-state index contributed by atoms with van der Waals surface area (Å²) < 4.78 is 16.2. The molecule has 0 saturated carbocycles.